The van der Waals surface area contributed by atoms with E-state index >= 15 is 0 Å². The van der Waals surface area contributed by atoms with E-state index < -0.39 is 0 Å². The third-order valence-corrected chi connectivity index (χ3v) is 4.33. The fourth-order valence-electron chi connectivity index (χ4n) is 2.55. The third kappa shape index (κ3) is 3.33. The number of nitrogens with one attached hydrogen (secondary N) is 1. The minimum absolute atomic E-state index is 0.0540. The summed E-state index contributed by atoms with van der Waals surface area (Å²) in [5.74, 6) is 1.48. The highest BCUT2D eigenvalue weighted by atomic mass is 32.1. The number of aromatic nitrogens is 3. The Hall–Kier alpha value is -1.80. The van der Waals surface area contributed by atoms with E-state index in [1.165, 1.54) is 11.3 Å². The van der Waals surface area contributed by atoms with Crippen molar-refractivity contribution in [3.8, 4) is 0 Å². The molecule has 1 aliphatic heterocycles. The Labute approximate surface area is 132 Å². The number of anilines is 1. The van der Waals surface area contributed by atoms with Gasteiger partial charge in [0.1, 0.15) is 0 Å². The molecule has 2 aromatic rings. The van der Waals surface area contributed by atoms with Crippen LogP contribution < -0.4 is 5.32 Å². The van der Waals surface area contributed by atoms with Crippen LogP contribution in [0.25, 0.3) is 0 Å². The van der Waals surface area contributed by atoms with Crippen molar-refractivity contribution in [2.24, 2.45) is 0 Å². The van der Waals surface area contributed by atoms with Crippen LogP contribution in [0.4, 0.5) is 5.13 Å². The quantitative estimate of drug-likeness (QED) is 0.910. The molecule has 0 saturated carbocycles. The Morgan fingerprint density at radius 3 is 3.14 bits per heavy atom. The van der Waals surface area contributed by atoms with Gasteiger partial charge in [0, 0.05) is 17.5 Å². The van der Waals surface area contributed by atoms with Crippen molar-refractivity contribution in [3.05, 3.63) is 23.3 Å². The average Bonchev–Trinajstić information content (AvgIpc) is 3.18. The molecule has 118 valence electrons. The summed E-state index contributed by atoms with van der Waals surface area (Å²) in [6, 6.07) is 0.0540. The van der Waals surface area contributed by atoms with Crippen molar-refractivity contribution in [2.75, 3.05) is 18.4 Å². The van der Waals surface area contributed by atoms with E-state index in [2.05, 4.69) is 25.3 Å². The molecule has 0 bridgehead atoms. The second-order valence-electron chi connectivity index (χ2n) is 5.66. The molecule has 22 heavy (non-hydrogen) atoms. The van der Waals surface area contributed by atoms with Crippen LogP contribution in [0.1, 0.15) is 50.4 Å². The van der Waals surface area contributed by atoms with Gasteiger partial charge in [0.15, 0.2) is 11.0 Å². The molecule has 1 saturated heterocycles. The monoisotopic (exact) mass is 321 g/mol. The highest BCUT2D eigenvalue weighted by molar-refractivity contribution is 7.13. The van der Waals surface area contributed by atoms with Crippen LogP contribution in [0, 0.1) is 0 Å². The van der Waals surface area contributed by atoms with E-state index in [4.69, 9.17) is 4.52 Å². The lowest BCUT2D eigenvalue weighted by Gasteiger charge is -2.20. The van der Waals surface area contributed by atoms with Gasteiger partial charge in [0.2, 0.25) is 11.8 Å². The number of thiazole rings is 1. The molecule has 0 aromatic carbocycles. The third-order valence-electron chi connectivity index (χ3n) is 3.64. The number of amides is 1. The van der Waals surface area contributed by atoms with Crippen molar-refractivity contribution >= 4 is 22.4 Å². The second kappa shape index (κ2) is 6.53. The molecule has 2 aromatic heterocycles. The standard InChI is InChI=1S/C14H19N5O2S/c1-9(2)13-17-12(18-21-13)10-4-3-6-19(10)8-11(20)16-14-15-5-7-22-14/h5,7,9-10H,3-4,6,8H2,1-2H3,(H,15,16,20). The van der Waals surface area contributed by atoms with Gasteiger partial charge in [-0.3, -0.25) is 9.69 Å². The number of hydrogen-bond donors (Lipinski definition) is 1. The first kappa shape index (κ1) is 15.1. The summed E-state index contributed by atoms with van der Waals surface area (Å²) < 4.78 is 5.28. The number of carbonyl (C=O) groups excluding carboxylic acids is 1. The lowest BCUT2D eigenvalue weighted by atomic mass is 10.2. The molecule has 3 heterocycles. The summed E-state index contributed by atoms with van der Waals surface area (Å²) in [5.41, 5.74) is 0. The molecule has 0 radical (unpaired) electrons. The van der Waals surface area contributed by atoms with Crippen LogP contribution in [-0.4, -0.2) is 39.0 Å². The fraction of sp³-hybridized carbons (Fsp3) is 0.571. The summed E-state index contributed by atoms with van der Waals surface area (Å²) >= 11 is 1.41. The predicted octanol–water partition coefficient (Wildman–Crippen LogP) is 2.43. The molecular formula is C14H19N5O2S. The molecule has 0 aliphatic carbocycles. The van der Waals surface area contributed by atoms with Gasteiger partial charge >= 0.3 is 0 Å². The van der Waals surface area contributed by atoms with Crippen molar-refractivity contribution in [3.63, 3.8) is 0 Å². The van der Waals surface area contributed by atoms with Crippen LogP contribution >= 0.6 is 11.3 Å². The normalized spacial score (nSPS) is 19.0. The fourth-order valence-corrected chi connectivity index (χ4v) is 3.10. The summed E-state index contributed by atoms with van der Waals surface area (Å²) in [6.07, 6.45) is 3.65. The van der Waals surface area contributed by atoms with Gasteiger partial charge < -0.3 is 9.84 Å². The lowest BCUT2D eigenvalue weighted by molar-refractivity contribution is -0.117. The molecule has 1 unspecified atom stereocenters. The van der Waals surface area contributed by atoms with E-state index in [0.29, 0.717) is 23.4 Å². The molecule has 1 aliphatic rings. The maximum absolute atomic E-state index is 12.1. The van der Waals surface area contributed by atoms with Crippen LogP contribution in [0.15, 0.2) is 16.1 Å². The van der Waals surface area contributed by atoms with Gasteiger partial charge in [-0.1, -0.05) is 19.0 Å². The van der Waals surface area contributed by atoms with Crippen LogP contribution in [0.5, 0.6) is 0 Å². The van der Waals surface area contributed by atoms with Crippen molar-refractivity contribution < 1.29 is 9.32 Å². The summed E-state index contributed by atoms with van der Waals surface area (Å²) in [6.45, 7) is 5.22. The first-order valence-electron chi connectivity index (χ1n) is 7.40. The highest BCUT2D eigenvalue weighted by Gasteiger charge is 2.31. The van der Waals surface area contributed by atoms with Crippen molar-refractivity contribution in [1.82, 2.24) is 20.0 Å². The average molecular weight is 321 g/mol. The topological polar surface area (TPSA) is 84.2 Å². The minimum atomic E-state index is -0.0607. The maximum atomic E-state index is 12.1. The molecule has 1 N–H and O–H groups in total. The summed E-state index contributed by atoms with van der Waals surface area (Å²) in [4.78, 5) is 22.7. The number of likely N-dealkylation sites (tertiary alicyclic amines) is 1. The zero-order valence-corrected chi connectivity index (χ0v) is 13.5. The Morgan fingerprint density at radius 2 is 2.45 bits per heavy atom. The zero-order chi connectivity index (χ0) is 15.5. The minimum Gasteiger partial charge on any atom is -0.339 e. The molecule has 3 rings (SSSR count). The number of rotatable bonds is 5. The van der Waals surface area contributed by atoms with E-state index in [-0.39, 0.29) is 17.9 Å². The van der Waals surface area contributed by atoms with Gasteiger partial charge in [-0.15, -0.1) is 11.3 Å². The van der Waals surface area contributed by atoms with Gasteiger partial charge in [-0.05, 0) is 19.4 Å². The van der Waals surface area contributed by atoms with Crippen molar-refractivity contribution in [2.45, 2.75) is 38.6 Å². The van der Waals surface area contributed by atoms with Gasteiger partial charge in [-0.25, -0.2) is 4.98 Å². The van der Waals surface area contributed by atoms with Crippen LogP contribution in [0.2, 0.25) is 0 Å². The number of hydrogen-bond acceptors (Lipinski definition) is 7. The number of carbonyl (C=O) groups is 1. The van der Waals surface area contributed by atoms with Crippen molar-refractivity contribution in [1.29, 1.82) is 0 Å². The maximum Gasteiger partial charge on any atom is 0.240 e. The predicted molar refractivity (Wildman–Crippen MR) is 82.7 cm³/mol. The van der Waals surface area contributed by atoms with E-state index in [1.807, 2.05) is 19.2 Å². The van der Waals surface area contributed by atoms with Gasteiger partial charge in [0.25, 0.3) is 0 Å². The van der Waals surface area contributed by atoms with Crippen LogP contribution in [0.3, 0.4) is 0 Å². The SMILES string of the molecule is CC(C)c1nc(C2CCCN2CC(=O)Nc2nccs2)no1. The Balaban J connectivity index is 1.63. The Bertz CT molecular complexity index is 625. The first-order chi connectivity index (χ1) is 10.6. The van der Waals surface area contributed by atoms with Gasteiger partial charge in [0.05, 0.1) is 12.6 Å². The molecular weight excluding hydrogens is 302 g/mol. The van der Waals surface area contributed by atoms with E-state index in [1.54, 1.807) is 6.20 Å². The van der Waals surface area contributed by atoms with Crippen LogP contribution in [-0.2, 0) is 4.79 Å². The molecule has 1 amide bonds. The smallest absolute Gasteiger partial charge is 0.240 e. The van der Waals surface area contributed by atoms with E-state index in [0.717, 1.165) is 19.4 Å². The molecule has 7 nitrogen and oxygen atoms in total. The summed E-state index contributed by atoms with van der Waals surface area (Å²) in [7, 11) is 0. The molecule has 1 fully saturated rings. The number of nitrogens with zero attached hydrogens (tertiary/aromatic N) is 4. The zero-order valence-electron chi connectivity index (χ0n) is 12.7. The van der Waals surface area contributed by atoms with Gasteiger partial charge in [-0.2, -0.15) is 4.98 Å². The first-order valence-corrected chi connectivity index (χ1v) is 8.28. The molecule has 1 atom stereocenters. The summed E-state index contributed by atoms with van der Waals surface area (Å²) in [5, 5.41) is 9.35. The Kier molecular flexibility index (Phi) is 4.49. The largest absolute Gasteiger partial charge is 0.339 e. The Morgan fingerprint density at radius 1 is 1.59 bits per heavy atom. The molecule has 0 spiro atoms. The molecule has 8 heteroatoms. The lowest BCUT2D eigenvalue weighted by Crippen LogP contribution is -2.33. The highest BCUT2D eigenvalue weighted by Crippen LogP contribution is 2.30. The van der Waals surface area contributed by atoms with E-state index in [9.17, 15) is 4.79 Å². The second-order valence-corrected chi connectivity index (χ2v) is 6.55.